The van der Waals surface area contributed by atoms with Crippen LogP contribution in [0.25, 0.3) is 0 Å². The van der Waals surface area contributed by atoms with Crippen molar-refractivity contribution in [3.05, 3.63) is 51.9 Å². The summed E-state index contributed by atoms with van der Waals surface area (Å²) in [5, 5.41) is 6.65. The first kappa shape index (κ1) is 20.6. The summed E-state index contributed by atoms with van der Waals surface area (Å²) in [6.07, 6.45) is 1.06. The number of nitrogens with one attached hydrogen (secondary N) is 2. The summed E-state index contributed by atoms with van der Waals surface area (Å²) in [7, 11) is 0. The van der Waals surface area contributed by atoms with Gasteiger partial charge in [-0.15, -0.1) is 11.3 Å². The maximum Gasteiger partial charge on any atom is 0.261 e. The molecule has 1 aromatic carbocycles. The van der Waals surface area contributed by atoms with E-state index < -0.39 is 5.41 Å². The Balaban J connectivity index is 1.51. The van der Waals surface area contributed by atoms with Gasteiger partial charge in [0.05, 0.1) is 9.88 Å². The second-order valence-corrected chi connectivity index (χ2v) is 9.43. The second kappa shape index (κ2) is 8.45. The molecule has 0 radical (unpaired) electrons. The van der Waals surface area contributed by atoms with Gasteiger partial charge in [-0.25, -0.2) is 0 Å². The molecule has 2 N–H and O–H groups in total. The molecule has 2 aromatic rings. The van der Waals surface area contributed by atoms with Crippen LogP contribution in [0.2, 0.25) is 0 Å². The fourth-order valence-corrected chi connectivity index (χ4v) is 4.21. The SMILES string of the molecule is Cc1cc(NC(=O)C(C)(C)C)sc1C(=O)NCCN1CCc2ccccc2C1. The topological polar surface area (TPSA) is 61.4 Å². The minimum Gasteiger partial charge on any atom is -0.350 e. The highest BCUT2D eigenvalue weighted by Gasteiger charge is 2.23. The van der Waals surface area contributed by atoms with E-state index in [9.17, 15) is 9.59 Å². The van der Waals surface area contributed by atoms with E-state index >= 15 is 0 Å². The van der Waals surface area contributed by atoms with E-state index in [-0.39, 0.29) is 11.8 Å². The Bertz CT molecular complexity index is 867. The van der Waals surface area contributed by atoms with E-state index in [4.69, 9.17) is 0 Å². The van der Waals surface area contributed by atoms with E-state index in [1.807, 2.05) is 33.8 Å². The molecule has 150 valence electrons. The lowest BCUT2D eigenvalue weighted by molar-refractivity contribution is -0.123. The highest BCUT2D eigenvalue weighted by molar-refractivity contribution is 7.18. The Labute approximate surface area is 171 Å². The van der Waals surface area contributed by atoms with Crippen molar-refractivity contribution in [2.75, 3.05) is 25.0 Å². The third kappa shape index (κ3) is 5.00. The van der Waals surface area contributed by atoms with Gasteiger partial charge in [0.25, 0.3) is 5.91 Å². The van der Waals surface area contributed by atoms with Crippen molar-refractivity contribution in [2.45, 2.75) is 40.7 Å². The Morgan fingerprint density at radius 2 is 1.89 bits per heavy atom. The van der Waals surface area contributed by atoms with Gasteiger partial charge in [-0.3, -0.25) is 14.5 Å². The van der Waals surface area contributed by atoms with E-state index in [0.717, 1.165) is 36.6 Å². The average Bonchev–Trinajstić information content (AvgIpc) is 3.01. The lowest BCUT2D eigenvalue weighted by Gasteiger charge is -2.28. The lowest BCUT2D eigenvalue weighted by atomic mass is 9.96. The number of hydrogen-bond donors (Lipinski definition) is 2. The van der Waals surface area contributed by atoms with Crippen molar-refractivity contribution in [3.63, 3.8) is 0 Å². The number of amides is 2. The predicted octanol–water partition coefficient (Wildman–Crippen LogP) is 3.83. The third-order valence-electron chi connectivity index (χ3n) is 4.97. The van der Waals surface area contributed by atoms with E-state index in [1.165, 1.54) is 22.5 Å². The number of aryl methyl sites for hydroxylation is 1. The van der Waals surface area contributed by atoms with E-state index in [2.05, 4.69) is 39.8 Å². The van der Waals surface area contributed by atoms with Crippen LogP contribution in [0.4, 0.5) is 5.00 Å². The minimum atomic E-state index is -0.465. The van der Waals surface area contributed by atoms with Gasteiger partial charge in [0.15, 0.2) is 0 Å². The Kier molecular flexibility index (Phi) is 6.20. The number of benzene rings is 1. The predicted molar refractivity (Wildman–Crippen MR) is 115 cm³/mol. The van der Waals surface area contributed by atoms with Crippen LogP contribution in [-0.2, 0) is 17.8 Å². The number of rotatable bonds is 5. The fraction of sp³-hybridized carbons (Fsp3) is 0.455. The zero-order valence-electron chi connectivity index (χ0n) is 17.1. The summed E-state index contributed by atoms with van der Waals surface area (Å²) in [6.45, 7) is 10.9. The first-order chi connectivity index (χ1) is 13.2. The summed E-state index contributed by atoms with van der Waals surface area (Å²) in [5.41, 5.74) is 3.24. The molecule has 1 aliphatic heterocycles. The molecule has 5 nitrogen and oxygen atoms in total. The number of thiophene rings is 1. The fourth-order valence-electron chi connectivity index (χ4n) is 3.22. The molecule has 0 saturated carbocycles. The summed E-state index contributed by atoms with van der Waals surface area (Å²) >= 11 is 1.33. The molecule has 0 saturated heterocycles. The molecule has 0 aliphatic carbocycles. The third-order valence-corrected chi connectivity index (χ3v) is 6.12. The molecule has 1 aliphatic rings. The largest absolute Gasteiger partial charge is 0.350 e. The van der Waals surface area contributed by atoms with E-state index in [0.29, 0.717) is 11.4 Å². The quantitative estimate of drug-likeness (QED) is 0.803. The minimum absolute atomic E-state index is 0.0499. The normalized spacial score (nSPS) is 14.4. The number of carbonyl (C=O) groups is 2. The zero-order chi connectivity index (χ0) is 20.3. The van der Waals surface area contributed by atoms with Crippen LogP contribution < -0.4 is 10.6 Å². The Morgan fingerprint density at radius 3 is 2.61 bits per heavy atom. The molecular formula is C22H29N3O2S. The molecule has 0 unspecified atom stereocenters. The molecule has 0 bridgehead atoms. The van der Waals surface area contributed by atoms with Crippen molar-refractivity contribution < 1.29 is 9.59 Å². The number of nitrogens with zero attached hydrogens (tertiary/aromatic N) is 1. The molecule has 2 amide bonds. The van der Waals surface area contributed by atoms with Gasteiger partial charge < -0.3 is 10.6 Å². The summed E-state index contributed by atoms with van der Waals surface area (Å²) in [4.78, 5) is 27.8. The van der Waals surface area contributed by atoms with Gasteiger partial charge in [-0.2, -0.15) is 0 Å². The van der Waals surface area contributed by atoms with Crippen LogP contribution in [0.1, 0.15) is 47.1 Å². The number of hydrogen-bond acceptors (Lipinski definition) is 4. The summed E-state index contributed by atoms with van der Waals surface area (Å²) in [5.74, 6) is -0.123. The average molecular weight is 400 g/mol. The van der Waals surface area contributed by atoms with Gasteiger partial charge >= 0.3 is 0 Å². The van der Waals surface area contributed by atoms with Crippen LogP contribution in [0.15, 0.2) is 30.3 Å². The highest BCUT2D eigenvalue weighted by Crippen LogP contribution is 2.28. The molecule has 3 rings (SSSR count). The first-order valence-electron chi connectivity index (χ1n) is 9.73. The van der Waals surface area contributed by atoms with Crippen molar-refractivity contribution >= 4 is 28.2 Å². The van der Waals surface area contributed by atoms with Gasteiger partial charge in [-0.05, 0) is 36.1 Å². The van der Waals surface area contributed by atoms with Crippen molar-refractivity contribution in [3.8, 4) is 0 Å². The van der Waals surface area contributed by atoms with Gasteiger partial charge in [0.1, 0.15) is 0 Å². The second-order valence-electron chi connectivity index (χ2n) is 8.38. The molecular weight excluding hydrogens is 370 g/mol. The molecule has 0 fully saturated rings. The van der Waals surface area contributed by atoms with Crippen molar-refractivity contribution in [1.29, 1.82) is 0 Å². The highest BCUT2D eigenvalue weighted by atomic mass is 32.1. The molecule has 2 heterocycles. The molecule has 0 atom stereocenters. The maximum absolute atomic E-state index is 12.6. The monoisotopic (exact) mass is 399 g/mol. The number of carbonyl (C=O) groups excluding carboxylic acids is 2. The standard InChI is InChI=1S/C22H29N3O2S/c1-15-13-18(24-21(27)22(2,3)4)28-19(15)20(26)23-10-12-25-11-9-16-7-5-6-8-17(16)14-25/h5-8,13H,9-12,14H2,1-4H3,(H,23,26)(H,24,27). The van der Waals surface area contributed by atoms with Crippen LogP contribution in [0, 0.1) is 12.3 Å². The maximum atomic E-state index is 12.6. The van der Waals surface area contributed by atoms with Crippen LogP contribution in [0.3, 0.4) is 0 Å². The zero-order valence-corrected chi connectivity index (χ0v) is 17.9. The lowest BCUT2D eigenvalue weighted by Crippen LogP contribution is -2.37. The van der Waals surface area contributed by atoms with Crippen LogP contribution in [0.5, 0.6) is 0 Å². The van der Waals surface area contributed by atoms with Crippen molar-refractivity contribution in [2.24, 2.45) is 5.41 Å². The van der Waals surface area contributed by atoms with Gasteiger partial charge in [0.2, 0.25) is 5.91 Å². The summed E-state index contributed by atoms with van der Waals surface area (Å²) < 4.78 is 0. The Hall–Kier alpha value is -2.18. The van der Waals surface area contributed by atoms with Crippen molar-refractivity contribution in [1.82, 2.24) is 10.2 Å². The molecule has 0 spiro atoms. The summed E-state index contributed by atoms with van der Waals surface area (Å²) in [6, 6.07) is 10.4. The molecule has 6 heteroatoms. The van der Waals surface area contributed by atoms with Crippen LogP contribution in [-0.4, -0.2) is 36.3 Å². The number of fused-ring (bicyclic) bond motifs is 1. The number of anilines is 1. The van der Waals surface area contributed by atoms with Gasteiger partial charge in [0, 0.05) is 31.6 Å². The molecule has 1 aromatic heterocycles. The van der Waals surface area contributed by atoms with Gasteiger partial charge in [-0.1, -0.05) is 45.0 Å². The molecule has 28 heavy (non-hydrogen) atoms. The van der Waals surface area contributed by atoms with Crippen LogP contribution >= 0.6 is 11.3 Å². The van der Waals surface area contributed by atoms with E-state index in [1.54, 1.807) is 0 Å². The Morgan fingerprint density at radius 1 is 1.18 bits per heavy atom. The first-order valence-corrected chi connectivity index (χ1v) is 10.5. The smallest absolute Gasteiger partial charge is 0.261 e.